The van der Waals surface area contributed by atoms with Crippen LogP contribution in [0.15, 0.2) is 67.2 Å². The number of aromatic nitrogens is 5. The quantitative estimate of drug-likeness (QED) is 0.0420. The lowest BCUT2D eigenvalue weighted by Gasteiger charge is -2.27. The number of anilines is 2. The number of piperidine rings is 1. The lowest BCUT2D eigenvalue weighted by Crippen LogP contribution is -2.54. The Balaban J connectivity index is 0.690. The second-order valence-electron chi connectivity index (χ2n) is 15.3. The van der Waals surface area contributed by atoms with Crippen LogP contribution in [0.2, 0.25) is 0 Å². The van der Waals surface area contributed by atoms with Crippen LogP contribution in [0, 0.1) is 11.3 Å². The van der Waals surface area contributed by atoms with Gasteiger partial charge in [0.25, 0.3) is 11.8 Å². The van der Waals surface area contributed by atoms with Crippen molar-refractivity contribution in [2.24, 2.45) is 0 Å². The Kier molecular flexibility index (Phi) is 13.6. The van der Waals surface area contributed by atoms with Gasteiger partial charge in [-0.15, -0.1) is 10.2 Å². The molecule has 4 aromatic heterocycles. The summed E-state index contributed by atoms with van der Waals surface area (Å²) in [4.78, 5) is 68.4. The lowest BCUT2D eigenvalue weighted by atomic mass is 9.86. The van der Waals surface area contributed by atoms with Gasteiger partial charge in [0, 0.05) is 55.6 Å². The van der Waals surface area contributed by atoms with Crippen LogP contribution in [0.4, 0.5) is 11.4 Å². The summed E-state index contributed by atoms with van der Waals surface area (Å²) in [5, 5.41) is 36.1. The second kappa shape index (κ2) is 20.0. The number of hydrogen-bond acceptors (Lipinski definition) is 16. The van der Waals surface area contributed by atoms with E-state index in [2.05, 4.69) is 42.6 Å². The van der Waals surface area contributed by atoms with Crippen LogP contribution < -0.4 is 21.3 Å². The normalized spacial score (nSPS) is 18.6. The fourth-order valence-electron chi connectivity index (χ4n) is 8.00. The topological polar surface area (TPSA) is 244 Å². The molecule has 2 aliphatic heterocycles. The first-order valence-electron chi connectivity index (χ1n) is 20.9. The van der Waals surface area contributed by atoms with Gasteiger partial charge >= 0.3 is 0 Å². The number of carbonyl (C=O) groups excluding carboxylic acids is 5. The Hall–Kier alpha value is -7.08. The maximum absolute atomic E-state index is 13.2. The predicted molar refractivity (Wildman–Crippen MR) is 233 cm³/mol. The third kappa shape index (κ3) is 9.61. The molecule has 0 spiro atoms. The smallest absolute Gasteiger partial charge is 0.264 e. The van der Waals surface area contributed by atoms with Crippen molar-refractivity contribution in [3.05, 3.63) is 88.9 Å². The van der Waals surface area contributed by atoms with Crippen molar-refractivity contribution in [3.63, 3.8) is 0 Å². The molecule has 0 bridgehead atoms. The maximum atomic E-state index is 13.2. The molecular formula is C44H45N11O8S. The van der Waals surface area contributed by atoms with Gasteiger partial charge in [-0.25, -0.2) is 4.52 Å². The molecule has 1 aromatic carbocycles. The minimum atomic E-state index is -1.03. The van der Waals surface area contributed by atoms with Crippen LogP contribution in [0.3, 0.4) is 0 Å². The highest BCUT2D eigenvalue weighted by atomic mass is 32.1. The van der Waals surface area contributed by atoms with Crippen molar-refractivity contribution >= 4 is 57.8 Å². The van der Waals surface area contributed by atoms with Crippen LogP contribution in [0.1, 0.15) is 75.7 Å². The number of rotatable bonds is 18. The highest BCUT2D eigenvalue weighted by Gasteiger charge is 2.45. The number of nitrogens with zero attached hydrogens (tertiary/aromatic N) is 7. The summed E-state index contributed by atoms with van der Waals surface area (Å²) in [6.07, 6.45) is 9.59. The fourth-order valence-corrected chi connectivity index (χ4v) is 9.03. The van der Waals surface area contributed by atoms with Gasteiger partial charge in [0.2, 0.25) is 17.7 Å². The van der Waals surface area contributed by atoms with Crippen LogP contribution in [0.25, 0.3) is 27.5 Å². The molecule has 1 aliphatic carbocycles. The molecule has 5 aromatic rings. The van der Waals surface area contributed by atoms with E-state index in [4.69, 9.17) is 19.2 Å². The summed E-state index contributed by atoms with van der Waals surface area (Å²) in [5.74, 6) is -2.20. The molecule has 19 nitrogen and oxygen atoms in total. The average molecular weight is 888 g/mol. The van der Waals surface area contributed by atoms with E-state index in [0.29, 0.717) is 44.2 Å². The minimum absolute atomic E-state index is 0.0497. The highest BCUT2D eigenvalue weighted by Crippen LogP contribution is 2.39. The summed E-state index contributed by atoms with van der Waals surface area (Å²) in [5.41, 5.74) is 5.40. The first kappa shape index (κ1) is 43.6. The molecule has 330 valence electrons. The number of ether oxygens (including phenoxy) is 3. The van der Waals surface area contributed by atoms with Gasteiger partial charge in [0.15, 0.2) is 5.01 Å². The zero-order valence-corrected chi connectivity index (χ0v) is 35.7. The first-order valence-corrected chi connectivity index (χ1v) is 21.8. The summed E-state index contributed by atoms with van der Waals surface area (Å²) < 4.78 is 18.4. The molecular weight excluding hydrogens is 843 g/mol. The molecule has 1 unspecified atom stereocenters. The van der Waals surface area contributed by atoms with E-state index in [1.165, 1.54) is 18.5 Å². The first-order chi connectivity index (χ1) is 31.2. The molecule has 64 heavy (non-hydrogen) atoms. The number of amides is 5. The monoisotopic (exact) mass is 887 g/mol. The molecule has 20 heteroatoms. The third-order valence-electron chi connectivity index (χ3n) is 11.2. The Morgan fingerprint density at radius 2 is 1.75 bits per heavy atom. The van der Waals surface area contributed by atoms with Gasteiger partial charge < -0.3 is 30.2 Å². The Morgan fingerprint density at radius 1 is 0.938 bits per heavy atom. The van der Waals surface area contributed by atoms with Crippen LogP contribution in [-0.2, 0) is 28.6 Å². The van der Waals surface area contributed by atoms with Gasteiger partial charge in [-0.3, -0.25) is 39.2 Å². The van der Waals surface area contributed by atoms with E-state index in [9.17, 15) is 29.2 Å². The summed E-state index contributed by atoms with van der Waals surface area (Å²) in [6.45, 7) is 1.85. The largest absolute Gasteiger partial charge is 0.499 e. The summed E-state index contributed by atoms with van der Waals surface area (Å²) in [7, 11) is 1.85. The number of hydrogen-bond donors (Lipinski definition) is 4. The van der Waals surface area contributed by atoms with Crippen molar-refractivity contribution in [2.75, 3.05) is 57.3 Å². The molecule has 1 saturated carbocycles. The molecule has 8 rings (SSSR count). The van der Waals surface area contributed by atoms with Crippen LogP contribution in [0.5, 0.6) is 0 Å². The fraction of sp³-hybridized carbons (Fsp3) is 0.364. The second-order valence-corrected chi connectivity index (χ2v) is 16.3. The average Bonchev–Trinajstić information content (AvgIpc) is 4.03. The SMILES string of the molecule is CNc1cc(-c2ccc3cc(C#N)cnn23)ncc1-c1nnc(C2CCC(NC(=O)C=COCCOCCOCCNc3cccc4c3C(=O)N(C3CCC(=O)NC3=O)C4=O)CC2)s1. The minimum Gasteiger partial charge on any atom is -0.499 e. The molecule has 3 aliphatic rings. The molecule has 0 radical (unpaired) electrons. The van der Waals surface area contributed by atoms with Crippen molar-refractivity contribution < 1.29 is 38.2 Å². The molecule has 5 amide bonds. The van der Waals surface area contributed by atoms with Gasteiger partial charge in [-0.1, -0.05) is 17.4 Å². The Bertz CT molecular complexity index is 2650. The maximum Gasteiger partial charge on any atom is 0.264 e. The number of nitriles is 1. The summed E-state index contributed by atoms with van der Waals surface area (Å²) >= 11 is 1.56. The van der Waals surface area contributed by atoms with Gasteiger partial charge in [-0.05, 0) is 68.5 Å². The van der Waals surface area contributed by atoms with Crippen molar-refractivity contribution in [1.82, 2.24) is 40.3 Å². The standard InChI is InChI=1S/C44H45N11O8S/c1-46-33-22-34(35-10-9-29-21-26(23-45)24-49-55(29)35)48-25-31(33)42-53-52-41(64-42)27-5-7-28(8-6-27)50-38(57)13-15-61-17-19-63-20-18-62-16-14-47-32-4-2-3-30-39(32)44(60)54(43(30)59)36-11-12-37(56)51-40(36)58/h2-4,9-10,13,15,21-22,24-25,27-28,36,47H,5-8,11-12,14,16-20H2,1H3,(H,46,48)(H,50,57)(H,51,56,58). The predicted octanol–water partition coefficient (Wildman–Crippen LogP) is 4.05. The van der Waals surface area contributed by atoms with Gasteiger partial charge in [0.1, 0.15) is 23.7 Å². The third-order valence-corrected chi connectivity index (χ3v) is 12.3. The lowest BCUT2D eigenvalue weighted by molar-refractivity contribution is -0.136. The number of benzene rings is 1. The number of carbonyl (C=O) groups is 5. The van der Waals surface area contributed by atoms with E-state index < -0.39 is 29.7 Å². The molecule has 6 heterocycles. The van der Waals surface area contributed by atoms with Crippen molar-refractivity contribution in [2.45, 2.75) is 56.5 Å². The van der Waals surface area contributed by atoms with Crippen molar-refractivity contribution in [1.29, 1.82) is 5.26 Å². The van der Waals surface area contributed by atoms with E-state index in [0.717, 1.165) is 68.8 Å². The zero-order valence-electron chi connectivity index (χ0n) is 34.9. The Labute approximate surface area is 371 Å². The van der Waals surface area contributed by atoms with Gasteiger partial charge in [0.05, 0.1) is 78.0 Å². The van der Waals surface area contributed by atoms with E-state index in [1.54, 1.807) is 46.3 Å². The van der Waals surface area contributed by atoms with E-state index in [1.807, 2.05) is 25.2 Å². The number of nitrogens with one attached hydrogen (secondary N) is 4. The van der Waals surface area contributed by atoms with Crippen molar-refractivity contribution in [3.8, 4) is 28.0 Å². The van der Waals surface area contributed by atoms with Crippen LogP contribution in [-0.4, -0.2) is 118 Å². The molecule has 1 atom stereocenters. The number of fused-ring (bicyclic) bond motifs is 2. The van der Waals surface area contributed by atoms with Crippen LogP contribution >= 0.6 is 11.3 Å². The Morgan fingerprint density at radius 3 is 2.55 bits per heavy atom. The van der Waals surface area contributed by atoms with E-state index in [-0.39, 0.29) is 48.4 Å². The molecule has 2 fully saturated rings. The summed E-state index contributed by atoms with van der Waals surface area (Å²) in [6, 6.07) is 13.6. The molecule has 1 saturated heterocycles. The van der Waals surface area contributed by atoms with E-state index >= 15 is 0 Å². The van der Waals surface area contributed by atoms with Gasteiger partial charge in [-0.2, -0.15) is 10.4 Å². The number of pyridine rings is 1. The number of imide groups is 2. The zero-order chi connectivity index (χ0) is 44.6. The highest BCUT2D eigenvalue weighted by molar-refractivity contribution is 7.14. The molecule has 4 N–H and O–H groups in total.